The van der Waals surface area contributed by atoms with Crippen molar-refractivity contribution in [2.75, 3.05) is 0 Å². The average molecular weight is 290 g/mol. The van der Waals surface area contributed by atoms with Gasteiger partial charge in [-0.3, -0.25) is 0 Å². The van der Waals surface area contributed by atoms with E-state index < -0.39 is 40.0 Å². The molecule has 20 heavy (non-hydrogen) atoms. The lowest BCUT2D eigenvalue weighted by molar-refractivity contribution is -0.910. The molecule has 0 N–H and O–H groups in total. The van der Waals surface area contributed by atoms with Crippen molar-refractivity contribution in [3.63, 3.8) is 0 Å². The van der Waals surface area contributed by atoms with Crippen molar-refractivity contribution in [3.8, 4) is 0 Å². The van der Waals surface area contributed by atoms with E-state index in [0.29, 0.717) is 0 Å². The van der Waals surface area contributed by atoms with Crippen LogP contribution >= 0.6 is 0 Å². The molecule has 0 aliphatic heterocycles. The number of halogens is 5. The Labute approximate surface area is 108 Å². The van der Waals surface area contributed by atoms with Crippen molar-refractivity contribution in [1.82, 2.24) is 0 Å². The third-order valence-corrected chi connectivity index (χ3v) is 2.29. The molecule has 8 heteroatoms. The molecule has 0 atom stereocenters. The van der Waals surface area contributed by atoms with Crippen LogP contribution < -0.4 is 9.57 Å². The van der Waals surface area contributed by atoms with Gasteiger partial charge in [0.2, 0.25) is 5.82 Å². The number of carbonyl (C=O) groups excluding carboxylic acids is 1. The molecule has 0 radical (unpaired) electrons. The van der Waals surface area contributed by atoms with E-state index in [1.807, 2.05) is 0 Å². The van der Waals surface area contributed by atoms with E-state index in [9.17, 15) is 26.7 Å². The van der Waals surface area contributed by atoms with Crippen LogP contribution in [0.25, 0.3) is 0 Å². The zero-order valence-electron chi connectivity index (χ0n) is 9.54. The summed E-state index contributed by atoms with van der Waals surface area (Å²) >= 11 is 0. The largest absolute Gasteiger partial charge is 0.452 e. The third-order valence-electron chi connectivity index (χ3n) is 2.29. The van der Waals surface area contributed by atoms with E-state index in [0.717, 1.165) is 0 Å². The molecule has 0 saturated heterocycles. The fourth-order valence-corrected chi connectivity index (χ4v) is 1.33. The smallest absolute Gasteiger partial charge is 0.239 e. The molecule has 0 unspecified atom stereocenters. The van der Waals surface area contributed by atoms with Crippen molar-refractivity contribution in [2.24, 2.45) is 0 Å². The predicted molar refractivity (Wildman–Crippen MR) is 53.8 cm³/mol. The third kappa shape index (κ3) is 2.31. The lowest BCUT2D eigenvalue weighted by Crippen LogP contribution is -2.54. The average Bonchev–Trinajstić information content (AvgIpc) is 2.48. The predicted octanol–water partition coefficient (Wildman–Crippen LogP) is 1.94. The van der Waals surface area contributed by atoms with Crippen molar-refractivity contribution in [2.45, 2.75) is 0 Å². The molecule has 3 nitrogen and oxygen atoms in total. The molecule has 104 valence electrons. The Morgan fingerprint density at radius 1 is 0.850 bits per heavy atom. The first kappa shape index (κ1) is 13.9. The molecule has 1 aromatic carbocycles. The van der Waals surface area contributed by atoms with Gasteiger partial charge in [-0.05, 0) is 12.1 Å². The Morgan fingerprint density at radius 3 is 1.85 bits per heavy atom. The van der Waals surface area contributed by atoms with Crippen molar-refractivity contribution < 1.29 is 36.3 Å². The minimum Gasteiger partial charge on any atom is -0.239 e. The summed E-state index contributed by atoms with van der Waals surface area (Å²) in [5, 5.41) is 0. The molecule has 2 rings (SSSR count). The molecule has 0 amide bonds. The number of nitrogens with zero attached hydrogens (tertiary/aromatic N) is 1. The van der Waals surface area contributed by atoms with Crippen LogP contribution in [0.5, 0.6) is 0 Å². The van der Waals surface area contributed by atoms with Crippen LogP contribution in [-0.2, 0) is 0 Å². The molecule has 0 saturated carbocycles. The molecule has 0 bridgehead atoms. The highest BCUT2D eigenvalue weighted by Crippen LogP contribution is 2.13. The van der Waals surface area contributed by atoms with Gasteiger partial charge in [-0.25, -0.2) is 4.79 Å². The molecule has 0 fully saturated rings. The molecular weight excluding hydrogens is 285 g/mol. The zero-order chi connectivity index (χ0) is 14.9. The number of hydrogen-bond acceptors (Lipinski definition) is 2. The molecule has 1 heterocycles. The maximum Gasteiger partial charge on any atom is 0.452 e. The second-order valence-electron chi connectivity index (χ2n) is 3.56. The van der Waals surface area contributed by atoms with Gasteiger partial charge in [0.15, 0.2) is 0 Å². The highest BCUT2D eigenvalue weighted by molar-refractivity contribution is 5.88. The summed E-state index contributed by atoms with van der Waals surface area (Å²) in [7, 11) is 0. The maximum absolute atomic E-state index is 13.2. The topological polar surface area (TPSA) is 30.2 Å². The van der Waals surface area contributed by atoms with Crippen LogP contribution in [-0.4, -0.2) is 5.97 Å². The van der Waals surface area contributed by atoms with Gasteiger partial charge in [0, 0.05) is 0 Å². The van der Waals surface area contributed by atoms with E-state index >= 15 is 0 Å². The van der Waals surface area contributed by atoms with Gasteiger partial charge in [0.05, 0.1) is 10.3 Å². The minimum atomic E-state index is -2.34. The van der Waals surface area contributed by atoms with Gasteiger partial charge in [-0.2, -0.15) is 18.0 Å². The SMILES string of the molecule is O=C(O[n+]1c(F)c(F)c(F)c(F)c1F)c1ccccc1. The first-order valence-electron chi connectivity index (χ1n) is 5.14. The van der Waals surface area contributed by atoms with Crippen molar-refractivity contribution in [1.29, 1.82) is 0 Å². The van der Waals surface area contributed by atoms with Crippen LogP contribution in [0.1, 0.15) is 10.4 Å². The number of carbonyl (C=O) groups is 1. The minimum absolute atomic E-state index is 0.121. The Morgan fingerprint density at radius 2 is 1.35 bits per heavy atom. The number of aromatic nitrogens is 1. The Balaban J connectivity index is 2.43. The van der Waals surface area contributed by atoms with Gasteiger partial charge in [-0.1, -0.05) is 18.2 Å². The summed E-state index contributed by atoms with van der Waals surface area (Å²) in [6.07, 6.45) is 0. The van der Waals surface area contributed by atoms with Crippen LogP contribution in [0.4, 0.5) is 22.0 Å². The second kappa shape index (κ2) is 5.24. The van der Waals surface area contributed by atoms with E-state index in [1.54, 1.807) is 6.07 Å². The fraction of sp³-hybridized carbons (Fsp3) is 0. The Kier molecular flexibility index (Phi) is 3.64. The first-order chi connectivity index (χ1) is 9.43. The van der Waals surface area contributed by atoms with Gasteiger partial charge in [0.25, 0.3) is 11.6 Å². The monoisotopic (exact) mass is 290 g/mol. The van der Waals surface area contributed by atoms with Crippen LogP contribution in [0.15, 0.2) is 30.3 Å². The van der Waals surface area contributed by atoms with Crippen molar-refractivity contribution >= 4 is 5.97 Å². The Hall–Kier alpha value is -2.51. The summed E-state index contributed by atoms with van der Waals surface area (Å²) in [6, 6.07) is 6.91. The number of hydrogen-bond donors (Lipinski definition) is 0. The van der Waals surface area contributed by atoms with Crippen LogP contribution in [0, 0.1) is 29.3 Å². The lowest BCUT2D eigenvalue weighted by atomic mass is 10.2. The standard InChI is InChI=1S/C12H5F5NO2/c13-7-8(14)10(16)18(11(17)9(7)15)20-12(19)6-4-2-1-3-5-6/h1-5H/q+1. The van der Waals surface area contributed by atoms with Crippen LogP contribution in [0.3, 0.4) is 0 Å². The number of rotatable bonds is 2. The maximum atomic E-state index is 13.2. The highest BCUT2D eigenvalue weighted by atomic mass is 19.2. The van der Waals surface area contributed by atoms with Crippen LogP contribution in [0.2, 0.25) is 0 Å². The summed E-state index contributed by atoms with van der Waals surface area (Å²) in [5.41, 5.74) is -0.121. The highest BCUT2D eigenvalue weighted by Gasteiger charge is 2.37. The van der Waals surface area contributed by atoms with E-state index in [2.05, 4.69) is 4.84 Å². The van der Waals surface area contributed by atoms with Gasteiger partial charge in [0.1, 0.15) is 0 Å². The van der Waals surface area contributed by atoms with E-state index in [-0.39, 0.29) is 5.56 Å². The number of benzene rings is 1. The quantitative estimate of drug-likeness (QED) is 0.481. The molecule has 0 aliphatic rings. The molecule has 1 aromatic heterocycles. The van der Waals surface area contributed by atoms with Gasteiger partial charge in [-0.15, -0.1) is 8.78 Å². The molecular formula is C12H5F5NO2+. The summed E-state index contributed by atoms with van der Waals surface area (Å²) in [6.45, 7) is 0. The normalized spacial score (nSPS) is 10.4. The van der Waals surface area contributed by atoms with E-state index in [1.165, 1.54) is 24.3 Å². The van der Waals surface area contributed by atoms with Gasteiger partial charge >= 0.3 is 17.9 Å². The van der Waals surface area contributed by atoms with Crippen molar-refractivity contribution in [3.05, 3.63) is 65.2 Å². The number of pyridine rings is 1. The molecule has 2 aromatic rings. The zero-order valence-corrected chi connectivity index (χ0v) is 9.54. The fourth-order valence-electron chi connectivity index (χ4n) is 1.33. The Bertz CT molecular complexity index is 646. The summed E-state index contributed by atoms with van der Waals surface area (Å²) in [4.78, 5) is 15.7. The second-order valence-corrected chi connectivity index (χ2v) is 3.56. The first-order valence-corrected chi connectivity index (χ1v) is 5.14. The summed E-state index contributed by atoms with van der Waals surface area (Å²) in [5.74, 6) is -12.6. The molecule has 0 aliphatic carbocycles. The van der Waals surface area contributed by atoms with E-state index in [4.69, 9.17) is 0 Å². The lowest BCUT2D eigenvalue weighted by Gasteiger charge is -2.00. The summed E-state index contributed by atoms with van der Waals surface area (Å²) < 4.78 is 64.3. The molecule has 0 spiro atoms. The van der Waals surface area contributed by atoms with Gasteiger partial charge < -0.3 is 0 Å².